The molecule has 2 amide bonds. The van der Waals surface area contributed by atoms with Crippen LogP contribution >= 0.6 is 15.9 Å². The van der Waals surface area contributed by atoms with Gasteiger partial charge in [0.05, 0.1) is 0 Å². The summed E-state index contributed by atoms with van der Waals surface area (Å²) < 4.78 is 6.84. The van der Waals surface area contributed by atoms with E-state index in [9.17, 15) is 9.59 Å². The molecule has 31 heavy (non-hydrogen) atoms. The van der Waals surface area contributed by atoms with Crippen molar-refractivity contribution in [1.82, 2.24) is 10.2 Å². The summed E-state index contributed by atoms with van der Waals surface area (Å²) in [4.78, 5) is 27.4. The smallest absolute Gasteiger partial charge is 0.261 e. The number of rotatable bonds is 10. The molecule has 6 heteroatoms. The molecule has 0 radical (unpaired) electrons. The Kier molecular flexibility index (Phi) is 9.56. The van der Waals surface area contributed by atoms with E-state index in [1.165, 1.54) is 0 Å². The largest absolute Gasteiger partial charge is 0.484 e. The minimum absolute atomic E-state index is 0.126. The molecule has 0 aliphatic rings. The van der Waals surface area contributed by atoms with Crippen LogP contribution in [0.15, 0.2) is 40.9 Å². The molecule has 0 heterocycles. The monoisotopic (exact) mass is 488 g/mol. The fourth-order valence-electron chi connectivity index (χ4n) is 3.34. The molecule has 2 rings (SSSR count). The molecule has 1 N–H and O–H groups in total. The molecule has 0 aromatic heterocycles. The Morgan fingerprint density at radius 3 is 2.42 bits per heavy atom. The van der Waals surface area contributed by atoms with Crippen molar-refractivity contribution in [3.63, 3.8) is 0 Å². The van der Waals surface area contributed by atoms with Crippen molar-refractivity contribution in [2.75, 3.05) is 13.2 Å². The van der Waals surface area contributed by atoms with Gasteiger partial charge in [0.15, 0.2) is 6.61 Å². The summed E-state index contributed by atoms with van der Waals surface area (Å²) in [5.41, 5.74) is 4.18. The van der Waals surface area contributed by atoms with E-state index in [1.54, 1.807) is 11.8 Å². The molecule has 168 valence electrons. The van der Waals surface area contributed by atoms with E-state index in [0.29, 0.717) is 18.8 Å². The van der Waals surface area contributed by atoms with E-state index >= 15 is 0 Å². The van der Waals surface area contributed by atoms with Crippen LogP contribution in [0.5, 0.6) is 5.75 Å². The van der Waals surface area contributed by atoms with Crippen molar-refractivity contribution in [2.45, 2.75) is 60.0 Å². The molecule has 0 saturated heterocycles. The van der Waals surface area contributed by atoms with Gasteiger partial charge in [-0.1, -0.05) is 59.1 Å². The van der Waals surface area contributed by atoms with Crippen LogP contribution in [-0.2, 0) is 16.1 Å². The van der Waals surface area contributed by atoms with Crippen LogP contribution < -0.4 is 10.1 Å². The van der Waals surface area contributed by atoms with Crippen molar-refractivity contribution in [3.05, 3.63) is 63.1 Å². The van der Waals surface area contributed by atoms with Crippen molar-refractivity contribution < 1.29 is 14.3 Å². The number of hydrogen-bond donors (Lipinski definition) is 1. The summed E-state index contributed by atoms with van der Waals surface area (Å²) in [6.07, 6.45) is 1.91. The van der Waals surface area contributed by atoms with Gasteiger partial charge in [-0.2, -0.15) is 0 Å². The molecular formula is C25H33BrN2O3. The molecule has 2 aromatic carbocycles. The van der Waals surface area contributed by atoms with E-state index in [1.807, 2.05) is 57.2 Å². The van der Waals surface area contributed by atoms with Crippen LogP contribution in [0.3, 0.4) is 0 Å². The number of benzene rings is 2. The number of amides is 2. The zero-order chi connectivity index (χ0) is 23.0. The molecular weight excluding hydrogens is 456 g/mol. The maximum Gasteiger partial charge on any atom is 0.261 e. The SMILES string of the molecule is CCCCNC(=O)C(C)N(Cc1cccc(C)c1)C(=O)COc1cc(C)c(Br)c(C)c1. The summed E-state index contributed by atoms with van der Waals surface area (Å²) >= 11 is 3.54. The van der Waals surface area contributed by atoms with E-state index in [2.05, 4.69) is 28.2 Å². The maximum atomic E-state index is 13.1. The van der Waals surface area contributed by atoms with Crippen LogP contribution in [0.4, 0.5) is 0 Å². The van der Waals surface area contributed by atoms with E-state index in [-0.39, 0.29) is 18.4 Å². The number of nitrogens with zero attached hydrogens (tertiary/aromatic N) is 1. The van der Waals surface area contributed by atoms with E-state index in [4.69, 9.17) is 4.74 Å². The van der Waals surface area contributed by atoms with Gasteiger partial charge >= 0.3 is 0 Å². The van der Waals surface area contributed by atoms with Crippen molar-refractivity contribution in [1.29, 1.82) is 0 Å². The van der Waals surface area contributed by atoms with Crippen LogP contribution in [0.25, 0.3) is 0 Å². The highest BCUT2D eigenvalue weighted by molar-refractivity contribution is 9.10. The summed E-state index contributed by atoms with van der Waals surface area (Å²) in [7, 11) is 0. The average Bonchev–Trinajstić information content (AvgIpc) is 2.73. The minimum Gasteiger partial charge on any atom is -0.484 e. The van der Waals surface area contributed by atoms with Crippen LogP contribution in [0.1, 0.15) is 48.9 Å². The summed E-state index contributed by atoms with van der Waals surface area (Å²) in [6.45, 7) is 10.7. The minimum atomic E-state index is -0.596. The molecule has 0 aliphatic carbocycles. The Morgan fingerprint density at radius 1 is 1.13 bits per heavy atom. The first-order valence-electron chi connectivity index (χ1n) is 10.7. The van der Waals surface area contributed by atoms with Gasteiger partial charge in [-0.3, -0.25) is 9.59 Å². The molecule has 0 saturated carbocycles. The van der Waals surface area contributed by atoms with Crippen LogP contribution in [0.2, 0.25) is 0 Å². The molecule has 2 aromatic rings. The second kappa shape index (κ2) is 11.9. The van der Waals surface area contributed by atoms with Crippen molar-refractivity contribution in [3.8, 4) is 5.75 Å². The van der Waals surface area contributed by atoms with Gasteiger partial charge in [0, 0.05) is 17.6 Å². The van der Waals surface area contributed by atoms with Gasteiger partial charge in [0.1, 0.15) is 11.8 Å². The molecule has 1 unspecified atom stereocenters. The van der Waals surface area contributed by atoms with Crippen molar-refractivity contribution in [2.24, 2.45) is 0 Å². The van der Waals surface area contributed by atoms with E-state index in [0.717, 1.165) is 39.6 Å². The third-order valence-electron chi connectivity index (χ3n) is 5.20. The van der Waals surface area contributed by atoms with Crippen LogP contribution in [-0.4, -0.2) is 35.9 Å². The number of halogens is 1. The molecule has 5 nitrogen and oxygen atoms in total. The van der Waals surface area contributed by atoms with Gasteiger partial charge in [0.25, 0.3) is 5.91 Å². The van der Waals surface area contributed by atoms with Crippen molar-refractivity contribution >= 4 is 27.7 Å². The second-order valence-electron chi connectivity index (χ2n) is 7.99. The predicted octanol–water partition coefficient (Wildman–Crippen LogP) is 5.09. The number of nitrogens with one attached hydrogen (secondary N) is 1. The Morgan fingerprint density at radius 2 is 1.81 bits per heavy atom. The zero-order valence-corrected chi connectivity index (χ0v) is 20.7. The summed E-state index contributed by atoms with van der Waals surface area (Å²) in [5.74, 6) is 0.268. The highest BCUT2D eigenvalue weighted by Crippen LogP contribution is 2.26. The van der Waals surface area contributed by atoms with Gasteiger partial charge < -0.3 is 15.0 Å². The molecule has 1 atom stereocenters. The third kappa shape index (κ3) is 7.39. The lowest BCUT2D eigenvalue weighted by molar-refractivity contribution is -0.142. The Labute approximate surface area is 194 Å². The molecule has 0 bridgehead atoms. The molecule has 0 spiro atoms. The third-order valence-corrected chi connectivity index (χ3v) is 6.46. The quantitative estimate of drug-likeness (QED) is 0.474. The normalized spacial score (nSPS) is 11.7. The predicted molar refractivity (Wildman–Crippen MR) is 128 cm³/mol. The lowest BCUT2D eigenvalue weighted by atomic mass is 10.1. The number of aryl methyl sites for hydroxylation is 3. The number of carbonyl (C=O) groups excluding carboxylic acids is 2. The maximum absolute atomic E-state index is 13.1. The topological polar surface area (TPSA) is 58.6 Å². The standard InChI is InChI=1S/C25H33BrN2O3/c1-6-7-11-27-25(30)20(5)28(15-21-10-8-9-17(2)12-21)23(29)16-31-22-13-18(3)24(26)19(4)14-22/h8-10,12-14,20H,6-7,11,15-16H2,1-5H3,(H,27,30). The number of unbranched alkanes of at least 4 members (excludes halogenated alkanes) is 1. The highest BCUT2D eigenvalue weighted by Gasteiger charge is 2.26. The second-order valence-corrected chi connectivity index (χ2v) is 8.78. The first-order valence-corrected chi connectivity index (χ1v) is 11.5. The molecule has 0 fully saturated rings. The number of ether oxygens (including phenoxy) is 1. The lowest BCUT2D eigenvalue weighted by Crippen LogP contribution is -2.49. The average molecular weight is 489 g/mol. The summed E-state index contributed by atoms with van der Waals surface area (Å²) in [6, 6.07) is 11.2. The lowest BCUT2D eigenvalue weighted by Gasteiger charge is -2.29. The van der Waals surface area contributed by atoms with Gasteiger partial charge in [-0.25, -0.2) is 0 Å². The first kappa shape index (κ1) is 24.9. The fraction of sp³-hybridized carbons (Fsp3) is 0.440. The zero-order valence-electron chi connectivity index (χ0n) is 19.1. The fourth-order valence-corrected chi connectivity index (χ4v) is 3.57. The first-order chi connectivity index (χ1) is 14.7. The number of hydrogen-bond acceptors (Lipinski definition) is 3. The summed E-state index contributed by atoms with van der Waals surface area (Å²) in [5, 5.41) is 2.93. The highest BCUT2D eigenvalue weighted by atomic mass is 79.9. The Balaban J connectivity index is 2.15. The van der Waals surface area contributed by atoms with E-state index < -0.39 is 6.04 Å². The van der Waals surface area contributed by atoms with Gasteiger partial charge in [-0.15, -0.1) is 0 Å². The van der Waals surface area contributed by atoms with Crippen LogP contribution in [0, 0.1) is 20.8 Å². The molecule has 0 aliphatic heterocycles. The van der Waals surface area contributed by atoms with Gasteiger partial charge in [-0.05, 0) is 62.9 Å². The van der Waals surface area contributed by atoms with Gasteiger partial charge in [0.2, 0.25) is 5.91 Å². The Bertz CT molecular complexity index is 890. The Hall–Kier alpha value is -2.34. The number of carbonyl (C=O) groups is 2.